The van der Waals surface area contributed by atoms with Gasteiger partial charge < -0.3 is 15.5 Å². The van der Waals surface area contributed by atoms with Crippen molar-refractivity contribution in [2.75, 3.05) is 13.1 Å². The molecule has 1 aromatic carbocycles. The Labute approximate surface area is 77.0 Å². The Bertz CT molecular complexity index is 308. The normalized spacial score (nSPS) is 17.0. The molecule has 13 heavy (non-hydrogen) atoms. The first kappa shape index (κ1) is 8.53. The van der Waals surface area contributed by atoms with E-state index in [0.717, 1.165) is 18.7 Å². The molecular formula is C10H13NO2. The van der Waals surface area contributed by atoms with Crippen molar-refractivity contribution < 1.29 is 10.2 Å². The van der Waals surface area contributed by atoms with Crippen LogP contribution in [0.5, 0.6) is 5.75 Å². The maximum Gasteiger partial charge on any atom is 0.124 e. The fourth-order valence-corrected chi connectivity index (χ4v) is 1.58. The van der Waals surface area contributed by atoms with E-state index in [2.05, 4.69) is 5.32 Å². The molecule has 1 saturated heterocycles. The van der Waals surface area contributed by atoms with E-state index >= 15 is 0 Å². The molecule has 3 N–H and O–H groups in total. The number of aliphatic hydroxyl groups is 1. The van der Waals surface area contributed by atoms with Crippen LogP contribution in [0, 0.1) is 0 Å². The minimum Gasteiger partial charge on any atom is -0.507 e. The first-order valence-corrected chi connectivity index (χ1v) is 4.45. The highest BCUT2D eigenvalue weighted by molar-refractivity contribution is 5.43. The van der Waals surface area contributed by atoms with Crippen molar-refractivity contribution in [2.45, 2.75) is 12.5 Å². The number of para-hydroxylation sites is 1. The highest BCUT2D eigenvalue weighted by Crippen LogP contribution is 2.31. The highest BCUT2D eigenvalue weighted by Gasteiger charge is 2.22. The molecule has 0 spiro atoms. The van der Waals surface area contributed by atoms with Crippen LogP contribution in [-0.2, 0) is 6.61 Å². The van der Waals surface area contributed by atoms with Crippen LogP contribution in [0.15, 0.2) is 18.2 Å². The predicted molar refractivity (Wildman–Crippen MR) is 49.6 cm³/mol. The maximum absolute atomic E-state index is 9.74. The largest absolute Gasteiger partial charge is 0.507 e. The molecule has 0 unspecified atom stereocenters. The monoisotopic (exact) mass is 179 g/mol. The molecule has 1 heterocycles. The zero-order valence-electron chi connectivity index (χ0n) is 7.33. The van der Waals surface area contributed by atoms with Gasteiger partial charge in [-0.25, -0.2) is 0 Å². The summed E-state index contributed by atoms with van der Waals surface area (Å²) in [6.45, 7) is 1.74. The van der Waals surface area contributed by atoms with Crippen molar-refractivity contribution in [1.29, 1.82) is 0 Å². The van der Waals surface area contributed by atoms with Crippen molar-refractivity contribution in [3.63, 3.8) is 0 Å². The molecular weight excluding hydrogens is 166 g/mol. The average Bonchev–Trinajstić information content (AvgIpc) is 2.05. The SMILES string of the molecule is OCc1cccc(C2CNC2)c1O. The van der Waals surface area contributed by atoms with E-state index in [1.807, 2.05) is 12.1 Å². The van der Waals surface area contributed by atoms with Gasteiger partial charge in [-0.2, -0.15) is 0 Å². The van der Waals surface area contributed by atoms with Gasteiger partial charge in [0.05, 0.1) is 6.61 Å². The Morgan fingerprint density at radius 2 is 2.15 bits per heavy atom. The standard InChI is InChI=1S/C10H13NO2/c12-6-7-2-1-3-9(10(7)13)8-4-11-5-8/h1-3,8,11-13H,4-6H2. The van der Waals surface area contributed by atoms with Crippen LogP contribution in [0.3, 0.4) is 0 Å². The van der Waals surface area contributed by atoms with Gasteiger partial charge in [0.1, 0.15) is 5.75 Å². The fraction of sp³-hybridized carbons (Fsp3) is 0.400. The predicted octanol–water partition coefficient (Wildman–Crippen LogP) is 0.571. The summed E-state index contributed by atoms with van der Waals surface area (Å²) < 4.78 is 0. The summed E-state index contributed by atoms with van der Waals surface area (Å²) in [4.78, 5) is 0. The Kier molecular flexibility index (Phi) is 2.20. The van der Waals surface area contributed by atoms with E-state index in [4.69, 9.17) is 5.11 Å². The molecule has 70 valence electrons. The van der Waals surface area contributed by atoms with Crippen LogP contribution in [0.4, 0.5) is 0 Å². The number of rotatable bonds is 2. The van der Waals surface area contributed by atoms with Crippen molar-refractivity contribution >= 4 is 0 Å². The van der Waals surface area contributed by atoms with Gasteiger partial charge in [-0.3, -0.25) is 0 Å². The quantitative estimate of drug-likeness (QED) is 0.622. The molecule has 0 bridgehead atoms. The Morgan fingerprint density at radius 3 is 2.69 bits per heavy atom. The molecule has 0 aromatic heterocycles. The highest BCUT2D eigenvalue weighted by atomic mass is 16.3. The summed E-state index contributed by atoms with van der Waals surface area (Å²) in [6.07, 6.45) is 0. The molecule has 3 heteroatoms. The van der Waals surface area contributed by atoms with E-state index in [0.29, 0.717) is 11.5 Å². The zero-order chi connectivity index (χ0) is 9.26. The van der Waals surface area contributed by atoms with Crippen LogP contribution in [-0.4, -0.2) is 23.3 Å². The summed E-state index contributed by atoms with van der Waals surface area (Å²) in [5.74, 6) is 0.669. The Hall–Kier alpha value is -1.06. The Balaban J connectivity index is 2.33. The zero-order valence-corrected chi connectivity index (χ0v) is 7.33. The molecule has 1 aromatic rings. The molecule has 1 fully saturated rings. The number of hydrogen-bond donors (Lipinski definition) is 3. The van der Waals surface area contributed by atoms with Crippen molar-refractivity contribution in [3.8, 4) is 5.75 Å². The second-order valence-electron chi connectivity index (χ2n) is 3.37. The van der Waals surface area contributed by atoms with E-state index in [-0.39, 0.29) is 12.4 Å². The van der Waals surface area contributed by atoms with E-state index in [1.165, 1.54) is 0 Å². The lowest BCUT2D eigenvalue weighted by molar-refractivity contribution is 0.274. The third-order valence-electron chi connectivity index (χ3n) is 2.54. The minimum absolute atomic E-state index is 0.0974. The van der Waals surface area contributed by atoms with Gasteiger partial charge in [0.2, 0.25) is 0 Å². The van der Waals surface area contributed by atoms with Gasteiger partial charge in [-0.05, 0) is 5.56 Å². The molecule has 0 radical (unpaired) electrons. The second-order valence-corrected chi connectivity index (χ2v) is 3.37. The number of aliphatic hydroxyl groups excluding tert-OH is 1. The summed E-state index contributed by atoms with van der Waals surface area (Å²) >= 11 is 0. The number of phenols is 1. The average molecular weight is 179 g/mol. The third kappa shape index (κ3) is 1.41. The van der Waals surface area contributed by atoms with Crippen LogP contribution in [0.1, 0.15) is 17.0 Å². The first-order valence-electron chi connectivity index (χ1n) is 4.45. The topological polar surface area (TPSA) is 52.5 Å². The summed E-state index contributed by atoms with van der Waals surface area (Å²) in [5, 5.41) is 21.8. The minimum atomic E-state index is -0.0974. The molecule has 1 aliphatic rings. The van der Waals surface area contributed by atoms with Crippen LogP contribution >= 0.6 is 0 Å². The van der Waals surface area contributed by atoms with Gasteiger partial charge in [0.25, 0.3) is 0 Å². The molecule has 2 rings (SSSR count). The lowest BCUT2D eigenvalue weighted by atomic mass is 9.91. The van der Waals surface area contributed by atoms with E-state index < -0.39 is 0 Å². The molecule has 3 nitrogen and oxygen atoms in total. The van der Waals surface area contributed by atoms with Crippen molar-refractivity contribution in [3.05, 3.63) is 29.3 Å². The number of aromatic hydroxyl groups is 1. The third-order valence-corrected chi connectivity index (χ3v) is 2.54. The Morgan fingerprint density at radius 1 is 1.38 bits per heavy atom. The second kappa shape index (κ2) is 3.36. The van der Waals surface area contributed by atoms with E-state index in [9.17, 15) is 5.11 Å². The summed E-state index contributed by atoms with van der Waals surface area (Å²) in [7, 11) is 0. The molecule has 0 aliphatic carbocycles. The fourth-order valence-electron chi connectivity index (χ4n) is 1.58. The molecule has 0 atom stereocenters. The van der Waals surface area contributed by atoms with Gasteiger partial charge in [0, 0.05) is 24.6 Å². The van der Waals surface area contributed by atoms with Gasteiger partial charge in [-0.15, -0.1) is 0 Å². The van der Waals surface area contributed by atoms with Gasteiger partial charge in [-0.1, -0.05) is 18.2 Å². The molecule has 1 aliphatic heterocycles. The summed E-state index contributed by atoms with van der Waals surface area (Å²) in [6, 6.07) is 5.53. The van der Waals surface area contributed by atoms with Gasteiger partial charge in [0.15, 0.2) is 0 Å². The molecule has 0 amide bonds. The smallest absolute Gasteiger partial charge is 0.124 e. The van der Waals surface area contributed by atoms with Crippen molar-refractivity contribution in [1.82, 2.24) is 5.32 Å². The maximum atomic E-state index is 9.74. The summed E-state index contributed by atoms with van der Waals surface area (Å²) in [5.41, 5.74) is 1.56. The van der Waals surface area contributed by atoms with Crippen LogP contribution in [0.25, 0.3) is 0 Å². The first-order chi connectivity index (χ1) is 6.33. The molecule has 0 saturated carbocycles. The van der Waals surface area contributed by atoms with Crippen molar-refractivity contribution in [2.24, 2.45) is 0 Å². The van der Waals surface area contributed by atoms with E-state index in [1.54, 1.807) is 6.07 Å². The van der Waals surface area contributed by atoms with Gasteiger partial charge >= 0.3 is 0 Å². The lowest BCUT2D eigenvalue weighted by Crippen LogP contribution is -2.39. The number of nitrogens with one attached hydrogen (secondary N) is 1. The van der Waals surface area contributed by atoms with Crippen LogP contribution in [0.2, 0.25) is 0 Å². The lowest BCUT2D eigenvalue weighted by Gasteiger charge is -2.28. The number of hydrogen-bond acceptors (Lipinski definition) is 3. The number of benzene rings is 1. The van der Waals surface area contributed by atoms with Crippen LogP contribution < -0.4 is 5.32 Å².